The molecule has 2 unspecified atom stereocenters. The molecule has 4 rings (SSSR count). The number of amides is 1. The molecule has 41 heavy (non-hydrogen) atoms. The van der Waals surface area contributed by atoms with Gasteiger partial charge in [-0.15, -0.1) is 0 Å². The zero-order chi connectivity index (χ0) is 29.9. The molecule has 3 atom stereocenters. The van der Waals surface area contributed by atoms with Gasteiger partial charge in [-0.3, -0.25) is 14.2 Å². The van der Waals surface area contributed by atoms with Gasteiger partial charge in [-0.1, -0.05) is 61.0 Å². The molecule has 11 heteroatoms. The average molecular weight is 580 g/mol. The number of aromatic nitrogens is 3. The van der Waals surface area contributed by atoms with Crippen molar-refractivity contribution in [2.24, 2.45) is 20.0 Å². The summed E-state index contributed by atoms with van der Waals surface area (Å²) >= 11 is 6.59. The molecule has 0 fully saturated rings. The Morgan fingerprint density at radius 2 is 1.95 bits per heavy atom. The van der Waals surface area contributed by atoms with Gasteiger partial charge in [0.25, 0.3) is 11.5 Å². The molecule has 2 heterocycles. The molecule has 2 aromatic heterocycles. The molecular formula is C30H34ClN5O5. The van der Waals surface area contributed by atoms with Gasteiger partial charge in [0.1, 0.15) is 11.1 Å². The second kappa shape index (κ2) is 12.3. The second-order valence-corrected chi connectivity index (χ2v) is 10.5. The quantitative estimate of drug-likeness (QED) is 0.355. The first-order valence-electron chi connectivity index (χ1n) is 13.2. The van der Waals surface area contributed by atoms with Gasteiger partial charge < -0.3 is 25.0 Å². The molecule has 216 valence electrons. The predicted molar refractivity (Wildman–Crippen MR) is 158 cm³/mol. The number of hydrogen-bond acceptors (Lipinski definition) is 7. The number of aliphatic hydroxyl groups excluding tert-OH is 1. The van der Waals surface area contributed by atoms with Crippen LogP contribution in [0.2, 0.25) is 5.02 Å². The van der Waals surface area contributed by atoms with Crippen LogP contribution in [-0.4, -0.2) is 44.9 Å². The number of hydrogen-bond donors (Lipinski definition) is 3. The van der Waals surface area contributed by atoms with E-state index in [1.54, 1.807) is 12.1 Å². The average Bonchev–Trinajstić information content (AvgIpc) is 2.98. The number of rotatable bonds is 9. The van der Waals surface area contributed by atoms with Crippen molar-refractivity contribution in [2.75, 3.05) is 13.7 Å². The minimum Gasteiger partial charge on any atom is -0.481 e. The van der Waals surface area contributed by atoms with E-state index in [9.17, 15) is 19.5 Å². The molecular weight excluding hydrogens is 546 g/mol. The summed E-state index contributed by atoms with van der Waals surface area (Å²) in [6, 6.07) is 11.0. The number of nitrogens with one attached hydrogen (secondary N) is 2. The van der Waals surface area contributed by atoms with Crippen LogP contribution < -0.4 is 26.6 Å². The highest BCUT2D eigenvalue weighted by Gasteiger charge is 2.43. The van der Waals surface area contributed by atoms with Gasteiger partial charge in [0.15, 0.2) is 0 Å². The monoisotopic (exact) mass is 579 g/mol. The fourth-order valence-electron chi connectivity index (χ4n) is 4.96. The Kier molecular flexibility index (Phi) is 8.96. The minimum absolute atomic E-state index is 0.0209. The normalized spacial score (nSPS) is 19.0. The van der Waals surface area contributed by atoms with Crippen LogP contribution >= 0.6 is 11.6 Å². The number of carbonyl (C=O) groups excluding carboxylic acids is 1. The van der Waals surface area contributed by atoms with Crippen LogP contribution in [0.1, 0.15) is 41.0 Å². The molecule has 0 aliphatic heterocycles. The second-order valence-electron chi connectivity index (χ2n) is 10.1. The van der Waals surface area contributed by atoms with E-state index in [-0.39, 0.29) is 18.2 Å². The van der Waals surface area contributed by atoms with Gasteiger partial charge in [0, 0.05) is 49.4 Å². The summed E-state index contributed by atoms with van der Waals surface area (Å²) in [5, 5.41) is 16.2. The number of aliphatic hydroxyl groups is 1. The number of benzene rings is 1. The first-order valence-corrected chi connectivity index (χ1v) is 13.5. The smallest absolute Gasteiger partial charge is 0.330 e. The van der Waals surface area contributed by atoms with Crippen LogP contribution in [0.15, 0.2) is 70.4 Å². The fourth-order valence-corrected chi connectivity index (χ4v) is 5.20. The lowest BCUT2D eigenvalue weighted by Crippen LogP contribution is -2.52. The van der Waals surface area contributed by atoms with E-state index in [0.29, 0.717) is 23.1 Å². The van der Waals surface area contributed by atoms with Crippen LogP contribution in [0.3, 0.4) is 0 Å². The standard InChI is InChI=1S/C30H34ClN5O5/c1-18(17-37)32-15-20-12-13-25(33-27(20)41-5)30(34-26(38)23-16-35(3)29(40)36(4)28(23)39)14-8-10-21(19(30)2)22-9-6-7-11-24(22)31/h6-14,16,18-19,32,37H,15,17H2,1-5H3,(H,34,38)/t18?,19-,30?/m0/s1. The molecule has 0 saturated carbocycles. The lowest BCUT2D eigenvalue weighted by molar-refractivity contribution is 0.0896. The number of allylic oxidation sites excluding steroid dienone is 2. The minimum atomic E-state index is -1.22. The van der Waals surface area contributed by atoms with E-state index < -0.39 is 28.6 Å². The zero-order valence-corrected chi connectivity index (χ0v) is 24.4. The number of aryl methyl sites for hydroxylation is 1. The topological polar surface area (TPSA) is 127 Å². The van der Waals surface area contributed by atoms with Gasteiger partial charge in [-0.25, -0.2) is 9.78 Å². The highest BCUT2D eigenvalue weighted by molar-refractivity contribution is 6.32. The number of carbonyl (C=O) groups is 1. The van der Waals surface area contributed by atoms with Gasteiger partial charge in [0.2, 0.25) is 5.88 Å². The van der Waals surface area contributed by atoms with E-state index in [1.807, 2.05) is 56.3 Å². The zero-order valence-electron chi connectivity index (χ0n) is 23.6. The van der Waals surface area contributed by atoms with E-state index in [0.717, 1.165) is 21.3 Å². The molecule has 3 N–H and O–H groups in total. The lowest BCUT2D eigenvalue weighted by Gasteiger charge is -2.40. The summed E-state index contributed by atoms with van der Waals surface area (Å²) in [6.45, 7) is 4.19. The molecule has 1 aromatic carbocycles. The van der Waals surface area contributed by atoms with Gasteiger partial charge in [-0.2, -0.15) is 0 Å². The Balaban J connectivity index is 1.85. The molecule has 1 amide bonds. The highest BCUT2D eigenvalue weighted by atomic mass is 35.5. The lowest BCUT2D eigenvalue weighted by atomic mass is 9.72. The number of nitrogens with zero attached hydrogens (tertiary/aromatic N) is 3. The molecule has 1 aliphatic rings. The van der Waals surface area contributed by atoms with Crippen molar-refractivity contribution in [3.8, 4) is 5.88 Å². The molecule has 10 nitrogen and oxygen atoms in total. The number of ether oxygens (including phenoxy) is 1. The summed E-state index contributed by atoms with van der Waals surface area (Å²) < 4.78 is 7.71. The first-order chi connectivity index (χ1) is 19.5. The van der Waals surface area contributed by atoms with Crippen molar-refractivity contribution in [3.63, 3.8) is 0 Å². The van der Waals surface area contributed by atoms with E-state index in [1.165, 1.54) is 32.0 Å². The van der Waals surface area contributed by atoms with Crippen LogP contribution in [0.5, 0.6) is 5.88 Å². The van der Waals surface area contributed by atoms with Gasteiger partial charge in [0.05, 0.1) is 19.4 Å². The van der Waals surface area contributed by atoms with E-state index in [4.69, 9.17) is 21.3 Å². The highest BCUT2D eigenvalue weighted by Crippen LogP contribution is 2.44. The first kappa shape index (κ1) is 30.0. The summed E-state index contributed by atoms with van der Waals surface area (Å²) in [5.74, 6) is -0.717. The maximum atomic E-state index is 13.8. The van der Waals surface area contributed by atoms with Gasteiger partial charge >= 0.3 is 5.69 Å². The molecule has 0 saturated heterocycles. The van der Waals surface area contributed by atoms with Crippen molar-refractivity contribution < 1.29 is 14.6 Å². The molecule has 0 radical (unpaired) electrons. The van der Waals surface area contributed by atoms with Crippen LogP contribution in [0, 0.1) is 5.92 Å². The number of methoxy groups -OCH3 is 1. The largest absolute Gasteiger partial charge is 0.481 e. The number of halogens is 1. The summed E-state index contributed by atoms with van der Waals surface area (Å²) in [5.41, 5.74) is 0.237. The Hall–Kier alpha value is -3.99. The molecule has 1 aliphatic carbocycles. The van der Waals surface area contributed by atoms with E-state index >= 15 is 0 Å². The van der Waals surface area contributed by atoms with Crippen molar-refractivity contribution in [1.29, 1.82) is 0 Å². The Morgan fingerprint density at radius 1 is 1.22 bits per heavy atom. The maximum absolute atomic E-state index is 13.8. The van der Waals surface area contributed by atoms with Crippen molar-refractivity contribution in [1.82, 2.24) is 24.8 Å². The summed E-state index contributed by atoms with van der Waals surface area (Å²) in [7, 11) is 4.32. The third-order valence-corrected chi connectivity index (χ3v) is 7.78. The van der Waals surface area contributed by atoms with Crippen molar-refractivity contribution >= 4 is 23.1 Å². The van der Waals surface area contributed by atoms with Crippen LogP contribution in [0.25, 0.3) is 5.57 Å². The SMILES string of the molecule is COc1nc(C2(NC(=O)c3cn(C)c(=O)n(C)c3=O)C=CC=C(c3ccccc3Cl)[C@@H]2C)ccc1CNC(C)CO. The van der Waals surface area contributed by atoms with Crippen molar-refractivity contribution in [2.45, 2.75) is 32.0 Å². The summed E-state index contributed by atoms with van der Waals surface area (Å²) in [6.07, 6.45) is 6.83. The third kappa shape index (κ3) is 5.76. The van der Waals surface area contributed by atoms with Crippen molar-refractivity contribution in [3.05, 3.63) is 109 Å². The molecule has 0 spiro atoms. The van der Waals surface area contributed by atoms with Crippen LogP contribution in [-0.2, 0) is 26.2 Å². The fraction of sp³-hybridized carbons (Fsp3) is 0.333. The maximum Gasteiger partial charge on any atom is 0.330 e. The van der Waals surface area contributed by atoms with Crippen LogP contribution in [0.4, 0.5) is 0 Å². The Labute approximate surface area is 243 Å². The molecule has 0 bridgehead atoms. The predicted octanol–water partition coefficient (Wildman–Crippen LogP) is 2.53. The Morgan fingerprint density at radius 3 is 2.63 bits per heavy atom. The van der Waals surface area contributed by atoms with E-state index in [2.05, 4.69) is 10.6 Å². The number of pyridine rings is 1. The Bertz CT molecular complexity index is 1640. The third-order valence-electron chi connectivity index (χ3n) is 7.45. The molecule has 3 aromatic rings. The van der Waals surface area contributed by atoms with Gasteiger partial charge in [-0.05, 0) is 30.2 Å². The summed E-state index contributed by atoms with van der Waals surface area (Å²) in [4.78, 5) is 43.8.